The van der Waals surface area contributed by atoms with Crippen molar-refractivity contribution in [2.24, 2.45) is 5.92 Å². The molecule has 4 aromatic rings. The second kappa shape index (κ2) is 11.3. The van der Waals surface area contributed by atoms with Crippen LogP contribution in [0.4, 0.5) is 4.39 Å². The van der Waals surface area contributed by atoms with Crippen LogP contribution in [0.3, 0.4) is 0 Å². The number of fused-ring (bicyclic) bond motifs is 1. The summed E-state index contributed by atoms with van der Waals surface area (Å²) < 4.78 is 27.7. The second-order valence-electron chi connectivity index (χ2n) is 10.7. The molecule has 12 heteroatoms. The average Bonchev–Trinajstić information content (AvgIpc) is 3.48. The Morgan fingerprint density at radius 2 is 2.12 bits per heavy atom. The number of aromatic carboxylic acids is 1. The van der Waals surface area contributed by atoms with Crippen molar-refractivity contribution in [3.63, 3.8) is 0 Å². The number of ether oxygens (including phenoxy) is 2. The van der Waals surface area contributed by atoms with Gasteiger partial charge in [-0.05, 0) is 43.5 Å². The average molecular weight is 560 g/mol. The highest BCUT2D eigenvalue weighted by atomic mass is 19.1. The van der Waals surface area contributed by atoms with E-state index in [-0.39, 0.29) is 30.0 Å². The zero-order valence-corrected chi connectivity index (χ0v) is 22.6. The third-order valence-corrected chi connectivity index (χ3v) is 7.89. The summed E-state index contributed by atoms with van der Waals surface area (Å²) >= 11 is 0. The number of piperidine rings is 1. The van der Waals surface area contributed by atoms with Crippen LogP contribution in [-0.2, 0) is 24.4 Å². The minimum Gasteiger partial charge on any atom is -0.475 e. The predicted octanol–water partition coefficient (Wildman–Crippen LogP) is 3.86. The molecule has 2 fully saturated rings. The van der Waals surface area contributed by atoms with Gasteiger partial charge in [-0.2, -0.15) is 5.26 Å². The van der Waals surface area contributed by atoms with Crippen LogP contribution < -0.4 is 4.74 Å². The van der Waals surface area contributed by atoms with Gasteiger partial charge >= 0.3 is 5.97 Å². The van der Waals surface area contributed by atoms with Crippen molar-refractivity contribution in [3.8, 4) is 11.9 Å². The number of hydrogen-bond donors (Lipinski definition) is 2. The lowest BCUT2D eigenvalue weighted by atomic mass is 9.84. The predicted molar refractivity (Wildman–Crippen MR) is 145 cm³/mol. The summed E-state index contributed by atoms with van der Waals surface area (Å²) in [4.78, 5) is 30.3. The van der Waals surface area contributed by atoms with Gasteiger partial charge in [0.1, 0.15) is 18.2 Å². The van der Waals surface area contributed by atoms with E-state index in [0.29, 0.717) is 41.7 Å². The smallest absolute Gasteiger partial charge is 0.372 e. The van der Waals surface area contributed by atoms with Gasteiger partial charge in [-0.15, -0.1) is 0 Å². The highest BCUT2D eigenvalue weighted by Crippen LogP contribution is 2.33. The number of aromatic amines is 1. The number of carbonyl (C=O) groups is 1. The van der Waals surface area contributed by atoms with Gasteiger partial charge in [0.2, 0.25) is 11.7 Å². The van der Waals surface area contributed by atoms with Crippen LogP contribution in [0.15, 0.2) is 36.4 Å². The van der Waals surface area contributed by atoms with E-state index >= 15 is 0 Å². The molecule has 0 saturated carbocycles. The first kappa shape index (κ1) is 26.9. The van der Waals surface area contributed by atoms with Crippen molar-refractivity contribution in [1.29, 1.82) is 5.26 Å². The van der Waals surface area contributed by atoms with Crippen LogP contribution in [-0.4, -0.2) is 66.3 Å². The molecule has 41 heavy (non-hydrogen) atoms. The van der Waals surface area contributed by atoms with Crippen molar-refractivity contribution in [3.05, 3.63) is 70.7 Å². The second-order valence-corrected chi connectivity index (χ2v) is 10.7. The molecule has 2 saturated heterocycles. The van der Waals surface area contributed by atoms with Crippen LogP contribution in [0.1, 0.15) is 58.9 Å². The number of pyridine rings is 1. The molecule has 1 unspecified atom stereocenters. The first-order valence-corrected chi connectivity index (χ1v) is 13.7. The highest BCUT2D eigenvalue weighted by molar-refractivity contribution is 5.87. The summed E-state index contributed by atoms with van der Waals surface area (Å²) in [5, 5.41) is 18.3. The van der Waals surface area contributed by atoms with Gasteiger partial charge < -0.3 is 24.1 Å². The van der Waals surface area contributed by atoms with Gasteiger partial charge in [0.15, 0.2) is 11.3 Å². The van der Waals surface area contributed by atoms with Gasteiger partial charge in [0.25, 0.3) is 0 Å². The van der Waals surface area contributed by atoms with Gasteiger partial charge in [-0.1, -0.05) is 19.1 Å². The molecule has 11 nitrogen and oxygen atoms in total. The fourth-order valence-corrected chi connectivity index (χ4v) is 5.60. The number of likely N-dealkylation sites (tertiary alicyclic amines) is 1. The zero-order chi connectivity index (χ0) is 28.5. The number of nitriles is 1. The zero-order valence-electron chi connectivity index (χ0n) is 22.6. The number of benzene rings is 1. The molecule has 3 atom stereocenters. The SMILES string of the molecule is C[C@@H]1CN(Cc2nc3[nH]c(C(=O)O)nc3n2C[C@@H]2CCO2)CCC1c1cccc(OCc2ccc(C#N)cc2F)n1. The Labute approximate surface area is 235 Å². The molecule has 0 spiro atoms. The maximum Gasteiger partial charge on any atom is 0.372 e. The molecule has 2 N–H and O–H groups in total. The van der Waals surface area contributed by atoms with Crippen LogP contribution in [0.5, 0.6) is 5.88 Å². The summed E-state index contributed by atoms with van der Waals surface area (Å²) in [5.74, 6) is 0.104. The number of nitrogens with one attached hydrogen (secondary N) is 1. The quantitative estimate of drug-likeness (QED) is 0.313. The Morgan fingerprint density at radius 3 is 2.83 bits per heavy atom. The first-order chi connectivity index (χ1) is 19.9. The molecule has 6 rings (SSSR count). The van der Waals surface area contributed by atoms with E-state index < -0.39 is 11.8 Å². The first-order valence-electron chi connectivity index (χ1n) is 13.7. The van der Waals surface area contributed by atoms with E-state index in [9.17, 15) is 14.3 Å². The van der Waals surface area contributed by atoms with Crippen molar-refractivity contribution in [2.75, 3.05) is 19.7 Å². The molecule has 1 aromatic carbocycles. The molecule has 2 aliphatic heterocycles. The minimum absolute atomic E-state index is 0.0252. The number of carboxylic acids is 1. The van der Waals surface area contributed by atoms with E-state index in [0.717, 1.165) is 44.1 Å². The van der Waals surface area contributed by atoms with Gasteiger partial charge in [-0.3, -0.25) is 4.90 Å². The number of nitrogens with zero attached hydrogens (tertiary/aromatic N) is 6. The third kappa shape index (κ3) is 5.64. The molecule has 0 aliphatic carbocycles. The maximum absolute atomic E-state index is 14.3. The Balaban J connectivity index is 1.11. The fraction of sp³-hybridized carbons (Fsp3) is 0.414. The van der Waals surface area contributed by atoms with E-state index in [1.165, 1.54) is 6.07 Å². The molecule has 2 aliphatic rings. The van der Waals surface area contributed by atoms with Gasteiger partial charge in [0.05, 0.1) is 30.8 Å². The topological polar surface area (TPSA) is 142 Å². The highest BCUT2D eigenvalue weighted by Gasteiger charge is 2.31. The third-order valence-electron chi connectivity index (χ3n) is 7.89. The molecule has 0 radical (unpaired) electrons. The lowest BCUT2D eigenvalue weighted by Gasteiger charge is -2.36. The van der Waals surface area contributed by atoms with Gasteiger partial charge in [-0.25, -0.2) is 24.1 Å². The Kier molecular flexibility index (Phi) is 7.38. The molecule has 5 heterocycles. The number of imidazole rings is 2. The Morgan fingerprint density at radius 1 is 1.27 bits per heavy atom. The van der Waals surface area contributed by atoms with Crippen LogP contribution in [0, 0.1) is 23.1 Å². The van der Waals surface area contributed by atoms with Crippen molar-refractivity contribution >= 4 is 17.3 Å². The lowest BCUT2D eigenvalue weighted by molar-refractivity contribution is -0.0593. The molecular weight excluding hydrogens is 529 g/mol. The number of aromatic nitrogens is 5. The van der Waals surface area contributed by atoms with E-state index in [2.05, 4.69) is 21.8 Å². The number of carboxylic acid groups (broad SMARTS) is 1. The Bertz CT molecular complexity index is 1620. The lowest BCUT2D eigenvalue weighted by Crippen LogP contribution is -2.39. The molecule has 0 bridgehead atoms. The summed E-state index contributed by atoms with van der Waals surface area (Å²) in [6, 6.07) is 11.9. The number of halogens is 1. The fourth-order valence-electron chi connectivity index (χ4n) is 5.60. The molecular formula is C29H30FN7O4. The summed E-state index contributed by atoms with van der Waals surface area (Å²) in [6.45, 7) is 5.84. The monoisotopic (exact) mass is 559 g/mol. The molecule has 3 aromatic heterocycles. The number of hydrogen-bond acceptors (Lipinski definition) is 8. The van der Waals surface area contributed by atoms with Crippen molar-refractivity contribution < 1.29 is 23.8 Å². The van der Waals surface area contributed by atoms with Crippen LogP contribution in [0.2, 0.25) is 0 Å². The van der Waals surface area contributed by atoms with Gasteiger partial charge in [0, 0.05) is 36.4 Å². The number of rotatable bonds is 9. The molecule has 212 valence electrons. The Hall–Kier alpha value is -4.34. The van der Waals surface area contributed by atoms with Crippen LogP contribution >= 0.6 is 0 Å². The normalized spacial score (nSPS) is 21.0. The van der Waals surface area contributed by atoms with E-state index in [4.69, 9.17) is 24.7 Å². The van der Waals surface area contributed by atoms with Crippen LogP contribution in [0.25, 0.3) is 11.3 Å². The standard InChI is InChI=1S/C29H30FN7O4/c1-17-13-36(15-24-33-26-28(35-27(34-26)29(38)39)37(24)14-20-8-10-40-20)9-7-21(17)23-3-2-4-25(32-23)41-16-19-6-5-18(12-31)11-22(19)30/h2-6,11,17,20-21H,7-10,13-16H2,1H3,(H,34,35)(H,38,39)/t17-,20+,21?/m1/s1. The summed E-state index contributed by atoms with van der Waals surface area (Å²) in [7, 11) is 0. The minimum atomic E-state index is -1.11. The summed E-state index contributed by atoms with van der Waals surface area (Å²) in [6.07, 6.45) is 1.93. The van der Waals surface area contributed by atoms with E-state index in [1.807, 2.05) is 22.8 Å². The van der Waals surface area contributed by atoms with Crippen molar-refractivity contribution in [2.45, 2.75) is 51.5 Å². The molecule has 0 amide bonds. The van der Waals surface area contributed by atoms with E-state index in [1.54, 1.807) is 18.2 Å². The largest absolute Gasteiger partial charge is 0.475 e. The number of H-pyrrole nitrogens is 1. The summed E-state index contributed by atoms with van der Waals surface area (Å²) in [5.41, 5.74) is 2.59. The maximum atomic E-state index is 14.3. The van der Waals surface area contributed by atoms with Crippen molar-refractivity contribution in [1.82, 2.24) is 29.4 Å².